The topological polar surface area (TPSA) is 55.8 Å². The zero-order valence-corrected chi connectivity index (χ0v) is 14.7. The van der Waals surface area contributed by atoms with Crippen LogP contribution in [-0.2, 0) is 24.8 Å². The maximum Gasteiger partial charge on any atom is 0.376 e. The number of benzene rings is 1. The predicted octanol–water partition coefficient (Wildman–Crippen LogP) is 3.81. The minimum Gasteiger partial charge on any atom is -0.308 e. The molecule has 0 saturated heterocycles. The van der Waals surface area contributed by atoms with Crippen molar-refractivity contribution in [1.82, 2.24) is 4.90 Å². The number of carbonyl (C=O) groups is 1. The van der Waals surface area contributed by atoms with Crippen LogP contribution in [0.5, 0.6) is 0 Å². The van der Waals surface area contributed by atoms with Gasteiger partial charge in [0.25, 0.3) is 0 Å². The van der Waals surface area contributed by atoms with Crippen molar-refractivity contribution in [1.29, 1.82) is 0 Å². The minimum absolute atomic E-state index is 0.154. The summed E-state index contributed by atoms with van der Waals surface area (Å²) in [6, 6.07) is 9.57. The van der Waals surface area contributed by atoms with Crippen molar-refractivity contribution in [3.63, 3.8) is 0 Å². The maximum atomic E-state index is 12.8. The largest absolute Gasteiger partial charge is 0.376 e. The molecule has 0 fully saturated rings. The Kier molecular flexibility index (Phi) is 7.01. The Morgan fingerprint density at radius 1 is 1.23 bits per heavy atom. The molecule has 22 heavy (non-hydrogen) atoms. The van der Waals surface area contributed by atoms with Crippen LogP contribution in [0, 0.1) is 0 Å². The Labute approximate surface area is 132 Å². The highest BCUT2D eigenvalue weighted by atomic mass is 31.2. The fourth-order valence-electron chi connectivity index (χ4n) is 2.22. The van der Waals surface area contributed by atoms with Gasteiger partial charge in [0.05, 0.1) is 0 Å². The molecule has 0 atom stereocenters. The normalized spacial score (nSPS) is 12.5. The highest BCUT2D eigenvalue weighted by Gasteiger charge is 2.35. The van der Waals surface area contributed by atoms with E-state index in [9.17, 15) is 9.36 Å². The SMILES string of the molecule is COP(=O)(OC)/C(=C/Cc1ccccc1)N(C(C)=O)C(C)C. The van der Waals surface area contributed by atoms with Crippen LogP contribution < -0.4 is 0 Å². The van der Waals surface area contributed by atoms with E-state index in [1.165, 1.54) is 26.0 Å². The quantitative estimate of drug-likeness (QED) is 0.715. The number of carbonyl (C=O) groups excluding carboxylic acids is 1. The summed E-state index contributed by atoms with van der Waals surface area (Å²) in [5.74, 6) is -0.205. The Balaban J connectivity index is 3.27. The second-order valence-electron chi connectivity index (χ2n) is 5.10. The highest BCUT2D eigenvalue weighted by molar-refractivity contribution is 7.58. The first-order valence-electron chi connectivity index (χ1n) is 7.11. The number of amides is 1. The number of allylic oxidation sites excluding steroid dienone is 1. The van der Waals surface area contributed by atoms with Crippen molar-refractivity contribution in [3.8, 4) is 0 Å². The van der Waals surface area contributed by atoms with E-state index in [-0.39, 0.29) is 17.4 Å². The zero-order chi connectivity index (χ0) is 16.8. The lowest BCUT2D eigenvalue weighted by Gasteiger charge is -2.31. The Hall–Kier alpha value is -1.42. The van der Waals surface area contributed by atoms with Gasteiger partial charge in [-0.25, -0.2) is 0 Å². The van der Waals surface area contributed by atoms with Crippen LogP contribution in [0.1, 0.15) is 26.3 Å². The Morgan fingerprint density at radius 3 is 2.18 bits per heavy atom. The minimum atomic E-state index is -3.53. The molecule has 0 spiro atoms. The van der Waals surface area contributed by atoms with Crippen LogP contribution in [0.25, 0.3) is 0 Å². The average Bonchev–Trinajstić information content (AvgIpc) is 2.50. The second-order valence-corrected chi connectivity index (χ2v) is 7.28. The van der Waals surface area contributed by atoms with Crippen molar-refractivity contribution in [3.05, 3.63) is 47.4 Å². The van der Waals surface area contributed by atoms with Gasteiger partial charge in [0.15, 0.2) is 0 Å². The molecule has 1 amide bonds. The van der Waals surface area contributed by atoms with E-state index < -0.39 is 7.60 Å². The predicted molar refractivity (Wildman–Crippen MR) is 87.5 cm³/mol. The van der Waals surface area contributed by atoms with Gasteiger partial charge in [-0.15, -0.1) is 0 Å². The summed E-state index contributed by atoms with van der Waals surface area (Å²) in [4.78, 5) is 13.4. The van der Waals surface area contributed by atoms with Crippen molar-refractivity contribution in [2.24, 2.45) is 0 Å². The molecule has 0 aliphatic rings. The zero-order valence-electron chi connectivity index (χ0n) is 13.8. The van der Waals surface area contributed by atoms with E-state index >= 15 is 0 Å². The van der Waals surface area contributed by atoms with Crippen LogP contribution in [0.4, 0.5) is 0 Å². The van der Waals surface area contributed by atoms with Gasteiger partial charge < -0.3 is 13.9 Å². The molecular weight excluding hydrogens is 301 g/mol. The molecule has 0 saturated carbocycles. The lowest BCUT2D eigenvalue weighted by Crippen LogP contribution is -2.34. The number of hydrogen-bond acceptors (Lipinski definition) is 4. The van der Waals surface area contributed by atoms with Crippen molar-refractivity contribution in [2.75, 3.05) is 14.2 Å². The van der Waals surface area contributed by atoms with E-state index in [1.54, 1.807) is 6.08 Å². The van der Waals surface area contributed by atoms with Gasteiger partial charge in [0.1, 0.15) is 5.44 Å². The third-order valence-electron chi connectivity index (χ3n) is 3.23. The summed E-state index contributed by atoms with van der Waals surface area (Å²) in [5.41, 5.74) is 1.33. The van der Waals surface area contributed by atoms with Gasteiger partial charge >= 0.3 is 7.60 Å². The van der Waals surface area contributed by atoms with Gasteiger partial charge in [-0.3, -0.25) is 9.36 Å². The molecule has 0 aliphatic heterocycles. The first kappa shape index (κ1) is 18.6. The summed E-state index contributed by atoms with van der Waals surface area (Å²) in [6.07, 6.45) is 2.27. The molecule has 0 N–H and O–H groups in total. The fraction of sp³-hybridized carbons (Fsp3) is 0.438. The van der Waals surface area contributed by atoms with E-state index in [0.29, 0.717) is 6.42 Å². The molecule has 0 aliphatic carbocycles. The molecule has 0 unspecified atom stereocenters. The summed E-state index contributed by atoms with van der Waals surface area (Å²) < 4.78 is 23.0. The summed E-state index contributed by atoms with van der Waals surface area (Å²) in [5, 5.41) is 0. The molecule has 6 heteroatoms. The Bertz CT molecular complexity index is 561. The molecule has 1 aromatic rings. The monoisotopic (exact) mass is 325 g/mol. The smallest absolute Gasteiger partial charge is 0.308 e. The van der Waals surface area contributed by atoms with E-state index in [4.69, 9.17) is 9.05 Å². The molecule has 0 bridgehead atoms. The molecule has 1 rings (SSSR count). The molecule has 0 heterocycles. The third-order valence-corrected chi connectivity index (χ3v) is 5.15. The summed E-state index contributed by atoms with van der Waals surface area (Å²) in [7, 11) is -0.889. The molecule has 122 valence electrons. The average molecular weight is 325 g/mol. The maximum absolute atomic E-state index is 12.8. The molecule has 1 aromatic carbocycles. The van der Waals surface area contributed by atoms with E-state index in [0.717, 1.165) is 5.56 Å². The Morgan fingerprint density at radius 2 is 1.77 bits per heavy atom. The van der Waals surface area contributed by atoms with E-state index in [2.05, 4.69) is 0 Å². The lowest BCUT2D eigenvalue weighted by atomic mass is 10.1. The van der Waals surface area contributed by atoms with Gasteiger partial charge in [0.2, 0.25) is 5.91 Å². The van der Waals surface area contributed by atoms with Crippen LogP contribution >= 0.6 is 7.60 Å². The fourth-order valence-corrected chi connectivity index (χ4v) is 3.69. The molecule has 5 nitrogen and oxygen atoms in total. The second kappa shape index (κ2) is 8.28. The van der Waals surface area contributed by atoms with E-state index in [1.807, 2.05) is 44.2 Å². The van der Waals surface area contributed by atoms with Gasteiger partial charge in [0, 0.05) is 27.2 Å². The standard InChI is InChI=1S/C16H24NO4P/c1-13(2)17(14(3)18)16(22(19,20-4)21-5)12-11-15-9-7-6-8-10-15/h6-10,12-13H,11H2,1-5H3/b16-12+. The van der Waals surface area contributed by atoms with Crippen LogP contribution in [0.2, 0.25) is 0 Å². The molecular formula is C16H24NO4P. The summed E-state index contributed by atoms with van der Waals surface area (Å²) >= 11 is 0. The number of rotatable bonds is 7. The lowest BCUT2D eigenvalue weighted by molar-refractivity contribution is -0.128. The third kappa shape index (κ3) is 4.54. The number of nitrogens with zero attached hydrogens (tertiary/aromatic N) is 1. The van der Waals surface area contributed by atoms with Crippen LogP contribution in [-0.4, -0.2) is 31.1 Å². The van der Waals surface area contributed by atoms with Gasteiger partial charge in [-0.05, 0) is 31.9 Å². The van der Waals surface area contributed by atoms with Crippen molar-refractivity contribution < 1.29 is 18.4 Å². The molecule has 0 radical (unpaired) electrons. The van der Waals surface area contributed by atoms with Gasteiger partial charge in [-0.2, -0.15) is 0 Å². The van der Waals surface area contributed by atoms with Crippen LogP contribution in [0.3, 0.4) is 0 Å². The molecule has 0 aromatic heterocycles. The van der Waals surface area contributed by atoms with Crippen molar-refractivity contribution >= 4 is 13.5 Å². The van der Waals surface area contributed by atoms with Gasteiger partial charge in [-0.1, -0.05) is 30.3 Å². The highest BCUT2D eigenvalue weighted by Crippen LogP contribution is 2.56. The first-order valence-corrected chi connectivity index (χ1v) is 8.66. The number of hydrogen-bond donors (Lipinski definition) is 0. The first-order chi connectivity index (χ1) is 10.4. The van der Waals surface area contributed by atoms with Crippen molar-refractivity contribution in [2.45, 2.75) is 33.2 Å². The summed E-state index contributed by atoms with van der Waals surface area (Å²) in [6.45, 7) is 5.15. The van der Waals surface area contributed by atoms with Crippen LogP contribution in [0.15, 0.2) is 41.8 Å².